The van der Waals surface area contributed by atoms with Gasteiger partial charge in [-0.2, -0.15) is 0 Å². The number of amides is 1. The van der Waals surface area contributed by atoms with Crippen molar-refractivity contribution in [1.29, 1.82) is 0 Å². The van der Waals surface area contributed by atoms with Gasteiger partial charge in [0.25, 0.3) is 5.91 Å². The summed E-state index contributed by atoms with van der Waals surface area (Å²) in [7, 11) is 0. The molecule has 1 aliphatic heterocycles. The van der Waals surface area contributed by atoms with E-state index in [4.69, 9.17) is 4.42 Å². The van der Waals surface area contributed by atoms with Crippen LogP contribution in [0.4, 0.5) is 8.78 Å². The lowest BCUT2D eigenvalue weighted by Gasteiger charge is -2.22. The average Bonchev–Trinajstić information content (AvgIpc) is 3.50. The first-order chi connectivity index (χ1) is 16.6. The van der Waals surface area contributed by atoms with Gasteiger partial charge in [-0.25, -0.2) is 13.8 Å². The molecule has 6 rings (SSSR count). The van der Waals surface area contributed by atoms with Gasteiger partial charge in [0.1, 0.15) is 23.2 Å². The lowest BCUT2D eigenvalue weighted by Crippen LogP contribution is -2.30. The summed E-state index contributed by atoms with van der Waals surface area (Å²) in [5.41, 5.74) is 2.64. The number of hydrogen-bond acceptors (Lipinski definition) is 3. The van der Waals surface area contributed by atoms with Gasteiger partial charge in [0.05, 0.1) is 0 Å². The normalized spacial score (nSPS) is 15.9. The van der Waals surface area contributed by atoms with Crippen molar-refractivity contribution in [3.05, 3.63) is 102 Å². The highest BCUT2D eigenvalue weighted by Gasteiger charge is 2.34. The van der Waals surface area contributed by atoms with E-state index in [1.54, 1.807) is 18.2 Å². The molecule has 1 saturated heterocycles. The van der Waals surface area contributed by atoms with E-state index >= 15 is 0 Å². The van der Waals surface area contributed by atoms with Gasteiger partial charge in [-0.3, -0.25) is 4.79 Å². The molecule has 2 heterocycles. The summed E-state index contributed by atoms with van der Waals surface area (Å²) in [4.78, 5) is 19.8. The molecular formula is C28H20F2N2O2. The molecule has 0 aliphatic carbocycles. The number of fused-ring (bicyclic) bond motifs is 2. The summed E-state index contributed by atoms with van der Waals surface area (Å²) in [6, 6.07) is 22.1. The van der Waals surface area contributed by atoms with Gasteiger partial charge in [-0.1, -0.05) is 36.4 Å². The molecule has 0 spiro atoms. The second-order valence-corrected chi connectivity index (χ2v) is 8.58. The maximum Gasteiger partial charge on any atom is 0.254 e. The summed E-state index contributed by atoms with van der Waals surface area (Å²) in [5.74, 6) is -0.836. The van der Waals surface area contributed by atoms with Crippen molar-refractivity contribution in [3.63, 3.8) is 0 Å². The maximum atomic E-state index is 14.3. The second-order valence-electron chi connectivity index (χ2n) is 8.58. The first-order valence-electron chi connectivity index (χ1n) is 11.2. The SMILES string of the molecule is O=C(c1ccc2ccccc2c1)N1CCCC1c1nc2cc(-c3ccc(F)cc3F)ccc2o1. The number of rotatable bonds is 3. The van der Waals surface area contributed by atoms with Gasteiger partial charge in [0, 0.05) is 23.7 Å². The molecule has 5 aromatic rings. The van der Waals surface area contributed by atoms with Crippen LogP contribution in [0.5, 0.6) is 0 Å². The van der Waals surface area contributed by atoms with E-state index in [-0.39, 0.29) is 11.9 Å². The van der Waals surface area contributed by atoms with E-state index in [0.29, 0.717) is 40.2 Å². The molecule has 168 valence electrons. The Bertz CT molecular complexity index is 1560. The van der Waals surface area contributed by atoms with Crippen molar-refractivity contribution in [2.24, 2.45) is 0 Å². The van der Waals surface area contributed by atoms with Gasteiger partial charge in [-0.05, 0) is 65.6 Å². The molecule has 1 atom stereocenters. The Labute approximate surface area is 194 Å². The van der Waals surface area contributed by atoms with E-state index in [2.05, 4.69) is 4.98 Å². The van der Waals surface area contributed by atoms with Gasteiger partial charge < -0.3 is 9.32 Å². The maximum absolute atomic E-state index is 14.3. The van der Waals surface area contributed by atoms with Crippen molar-refractivity contribution in [2.75, 3.05) is 6.54 Å². The van der Waals surface area contributed by atoms with Crippen LogP contribution in [0.2, 0.25) is 0 Å². The summed E-state index contributed by atoms with van der Waals surface area (Å²) in [6.07, 6.45) is 1.61. The Hall–Kier alpha value is -4.06. The predicted octanol–water partition coefficient (Wildman–Crippen LogP) is 6.90. The van der Waals surface area contributed by atoms with Gasteiger partial charge >= 0.3 is 0 Å². The molecule has 1 aromatic heterocycles. The minimum Gasteiger partial charge on any atom is -0.438 e. The number of nitrogens with zero attached hydrogens (tertiary/aromatic N) is 2. The molecule has 4 aromatic carbocycles. The molecule has 1 unspecified atom stereocenters. The number of halogens is 2. The van der Waals surface area contributed by atoms with Crippen LogP contribution in [-0.4, -0.2) is 22.3 Å². The second kappa shape index (κ2) is 8.06. The number of likely N-dealkylation sites (tertiary alicyclic amines) is 1. The zero-order valence-corrected chi connectivity index (χ0v) is 18.2. The van der Waals surface area contributed by atoms with Crippen molar-refractivity contribution in [1.82, 2.24) is 9.88 Å². The van der Waals surface area contributed by atoms with Crippen molar-refractivity contribution in [2.45, 2.75) is 18.9 Å². The molecule has 0 N–H and O–H groups in total. The molecule has 1 fully saturated rings. The van der Waals surface area contributed by atoms with Crippen LogP contribution < -0.4 is 0 Å². The highest BCUT2D eigenvalue weighted by molar-refractivity contribution is 5.99. The fourth-order valence-electron chi connectivity index (χ4n) is 4.73. The Morgan fingerprint density at radius 3 is 2.65 bits per heavy atom. The predicted molar refractivity (Wildman–Crippen MR) is 126 cm³/mol. The summed E-state index contributed by atoms with van der Waals surface area (Å²) in [5, 5.41) is 2.11. The third-order valence-electron chi connectivity index (χ3n) is 6.44. The molecule has 0 radical (unpaired) electrons. The molecule has 4 nitrogen and oxygen atoms in total. The highest BCUT2D eigenvalue weighted by Crippen LogP contribution is 2.36. The van der Waals surface area contributed by atoms with E-state index in [1.807, 2.05) is 47.4 Å². The standard InChI is InChI=1S/C28H20F2N2O2/c29-21-10-11-22(23(30)16-21)19-9-12-26-24(15-19)31-27(34-26)25-6-3-13-32(25)28(33)20-8-7-17-4-1-2-5-18(17)14-20/h1-2,4-5,7-12,14-16,25H,3,6,13H2. The van der Waals surface area contributed by atoms with Gasteiger partial charge in [0.2, 0.25) is 5.89 Å². The Kier molecular flexibility index (Phi) is 4.87. The van der Waals surface area contributed by atoms with Crippen molar-refractivity contribution < 1.29 is 18.0 Å². The number of aromatic nitrogens is 1. The molecule has 1 amide bonds. The fraction of sp³-hybridized carbons (Fsp3) is 0.143. The van der Waals surface area contributed by atoms with Crippen LogP contribution in [0.15, 0.2) is 83.3 Å². The van der Waals surface area contributed by atoms with Crippen molar-refractivity contribution >= 4 is 27.8 Å². The number of hydrogen-bond donors (Lipinski definition) is 0. The molecule has 0 bridgehead atoms. The monoisotopic (exact) mass is 454 g/mol. The summed E-state index contributed by atoms with van der Waals surface area (Å²) in [6.45, 7) is 0.626. The first kappa shape index (κ1) is 20.5. The van der Waals surface area contributed by atoms with E-state index in [9.17, 15) is 13.6 Å². The van der Waals surface area contributed by atoms with Crippen LogP contribution in [0, 0.1) is 11.6 Å². The number of benzene rings is 4. The van der Waals surface area contributed by atoms with Crippen LogP contribution in [0.1, 0.15) is 35.1 Å². The van der Waals surface area contributed by atoms with Gasteiger partial charge in [-0.15, -0.1) is 0 Å². The lowest BCUT2D eigenvalue weighted by atomic mass is 10.0. The zero-order valence-electron chi connectivity index (χ0n) is 18.2. The van der Waals surface area contributed by atoms with Crippen molar-refractivity contribution in [3.8, 4) is 11.1 Å². The Morgan fingerprint density at radius 2 is 1.79 bits per heavy atom. The number of oxazole rings is 1. The van der Waals surface area contributed by atoms with Crippen LogP contribution in [0.3, 0.4) is 0 Å². The summed E-state index contributed by atoms with van der Waals surface area (Å²) >= 11 is 0. The number of carbonyl (C=O) groups excluding carboxylic acids is 1. The van der Waals surface area contributed by atoms with Crippen LogP contribution >= 0.6 is 0 Å². The zero-order chi connectivity index (χ0) is 23.2. The third kappa shape index (κ3) is 3.52. The minimum absolute atomic E-state index is 0.0513. The van der Waals surface area contributed by atoms with Crippen LogP contribution in [0.25, 0.3) is 33.0 Å². The topological polar surface area (TPSA) is 46.3 Å². The Balaban J connectivity index is 1.32. The lowest BCUT2D eigenvalue weighted by molar-refractivity contribution is 0.0717. The van der Waals surface area contributed by atoms with E-state index < -0.39 is 11.6 Å². The summed E-state index contributed by atoms with van der Waals surface area (Å²) < 4.78 is 33.6. The third-order valence-corrected chi connectivity index (χ3v) is 6.44. The van der Waals surface area contributed by atoms with E-state index in [0.717, 1.165) is 29.7 Å². The average molecular weight is 454 g/mol. The number of carbonyl (C=O) groups is 1. The first-order valence-corrected chi connectivity index (χ1v) is 11.2. The molecule has 0 saturated carbocycles. The highest BCUT2D eigenvalue weighted by atomic mass is 19.1. The van der Waals surface area contributed by atoms with Crippen LogP contribution in [-0.2, 0) is 0 Å². The van der Waals surface area contributed by atoms with E-state index in [1.165, 1.54) is 12.1 Å². The van der Waals surface area contributed by atoms with Gasteiger partial charge in [0.15, 0.2) is 5.58 Å². The largest absolute Gasteiger partial charge is 0.438 e. The quantitative estimate of drug-likeness (QED) is 0.298. The Morgan fingerprint density at radius 1 is 0.941 bits per heavy atom. The fourth-order valence-corrected chi connectivity index (χ4v) is 4.73. The minimum atomic E-state index is -0.633. The molecule has 34 heavy (non-hydrogen) atoms. The smallest absolute Gasteiger partial charge is 0.254 e. The molecule has 1 aliphatic rings. The molecule has 6 heteroatoms. The molecular weight excluding hydrogens is 434 g/mol.